The summed E-state index contributed by atoms with van der Waals surface area (Å²) in [6.45, 7) is 34.7. The predicted octanol–water partition coefficient (Wildman–Crippen LogP) is 15.5. The van der Waals surface area contributed by atoms with Crippen molar-refractivity contribution in [3.8, 4) is 0 Å². The number of hydrogen-bond acceptors (Lipinski definition) is 14. The molecule has 2 aliphatic rings. The summed E-state index contributed by atoms with van der Waals surface area (Å²) in [4.78, 5) is 98.7. The zero-order chi connectivity index (χ0) is 76.5. The number of rotatable bonds is 9. The Morgan fingerprint density at radius 3 is 1.28 bits per heavy atom. The molecule has 2 aliphatic heterocycles. The van der Waals surface area contributed by atoms with Gasteiger partial charge in [0.2, 0.25) is 17.7 Å². The third-order valence-corrected chi connectivity index (χ3v) is 14.1. The van der Waals surface area contributed by atoms with Gasteiger partial charge in [0.1, 0.15) is 42.3 Å². The highest BCUT2D eigenvalue weighted by atomic mass is 35.5. The molecule has 0 aliphatic carbocycles. The number of nitrogens with one attached hydrogen (secondary N) is 4. The number of alkyl carbamates (subject to hydrolysis) is 1. The van der Waals surface area contributed by atoms with Crippen molar-refractivity contribution in [3.63, 3.8) is 0 Å². The number of anilines is 4. The third-order valence-electron chi connectivity index (χ3n) is 12.3. The molecule has 32 heteroatoms. The lowest BCUT2D eigenvalue weighted by atomic mass is 9.90. The molecule has 6 rings (SSSR count). The van der Waals surface area contributed by atoms with Gasteiger partial charge in [-0.2, -0.15) is 13.2 Å². The molecule has 2 fully saturated rings. The van der Waals surface area contributed by atoms with Crippen LogP contribution in [0.25, 0.3) is 0 Å². The molecule has 21 nitrogen and oxygen atoms in total. The zero-order valence-corrected chi connectivity index (χ0v) is 64.1. The van der Waals surface area contributed by atoms with Gasteiger partial charge in [-0.1, -0.05) is 176 Å². The van der Waals surface area contributed by atoms with E-state index in [4.69, 9.17) is 113 Å². The van der Waals surface area contributed by atoms with Crippen molar-refractivity contribution in [2.24, 2.45) is 27.0 Å². The SMILES string of the molecule is CC(C)(C)C=O.C[C@@H](N)C(=O)Nc1cc(Cl)cc(Cl)c1.C[C@@H](N=C([O-])OC(C)(C)C)C(=O)O.C[C@@H](NC(=O)OC(C)(C)C)C(=O)Nc1cc(Cl)cc(Cl)c1.C[C@@H]1C(=O)N(c2cc(Cl)cc(Cl)c2)[C@@H](C(C)(C)C)N1C(=O)C(F)(F)F.C[C@H]1N[C@H](C(C)(C)C)N(c2cc(Cl)cc(Cl)c2)C1=O. The van der Waals surface area contributed by atoms with Gasteiger partial charge >= 0.3 is 24.1 Å². The smallest absolute Gasteiger partial charge is 0.471 e. The second-order valence-corrected chi connectivity index (χ2v) is 31.0. The average molecular weight is 1540 g/mol. The number of amides is 6. The molecule has 0 radical (unpaired) electrons. The third kappa shape index (κ3) is 32.1. The van der Waals surface area contributed by atoms with Crippen LogP contribution in [0.5, 0.6) is 0 Å². The van der Waals surface area contributed by atoms with E-state index in [1.165, 1.54) is 32.0 Å². The van der Waals surface area contributed by atoms with Crippen LogP contribution in [0.2, 0.25) is 40.2 Å². The van der Waals surface area contributed by atoms with Crippen LogP contribution < -0.4 is 41.9 Å². The van der Waals surface area contributed by atoms with E-state index in [2.05, 4.69) is 47.0 Å². The van der Waals surface area contributed by atoms with Gasteiger partial charge in [-0.3, -0.25) is 44.1 Å². The Morgan fingerprint density at radius 2 is 0.959 bits per heavy atom. The number of carboxylic acid groups (broad SMARTS) is 1. The molecule has 0 unspecified atom stereocenters. The van der Waals surface area contributed by atoms with Crippen molar-refractivity contribution in [1.29, 1.82) is 0 Å². The number of nitrogens with two attached hydrogens (primary N) is 1. The van der Waals surface area contributed by atoms with Crippen LogP contribution in [0, 0.1) is 16.2 Å². The van der Waals surface area contributed by atoms with Gasteiger partial charge in [-0.25, -0.2) is 9.59 Å². The summed E-state index contributed by atoms with van der Waals surface area (Å²) in [5.41, 5.74) is 5.02. The quantitative estimate of drug-likeness (QED) is 0.0516. The molecule has 6 amide bonds. The number of carboxylic acids is 1. The number of hydrogen-bond donors (Lipinski definition) is 6. The number of alkyl halides is 3. The van der Waals surface area contributed by atoms with Crippen molar-refractivity contribution in [1.82, 2.24) is 15.5 Å². The van der Waals surface area contributed by atoms with Crippen LogP contribution in [-0.4, -0.2) is 124 Å². The lowest BCUT2D eigenvalue weighted by Gasteiger charge is -2.40. The van der Waals surface area contributed by atoms with Crippen molar-refractivity contribution < 1.29 is 71.2 Å². The van der Waals surface area contributed by atoms with Gasteiger partial charge in [0.05, 0.1) is 18.2 Å². The normalized spacial score (nSPS) is 17.4. The van der Waals surface area contributed by atoms with Crippen molar-refractivity contribution >= 4 is 170 Å². The van der Waals surface area contributed by atoms with Gasteiger partial charge in [0.25, 0.3) is 5.91 Å². The van der Waals surface area contributed by atoms with Crippen molar-refractivity contribution in [2.75, 3.05) is 20.4 Å². The maximum absolute atomic E-state index is 13.1. The van der Waals surface area contributed by atoms with Gasteiger partial charge in [0, 0.05) is 79.4 Å². The van der Waals surface area contributed by atoms with E-state index in [0.717, 1.165) is 16.9 Å². The fraction of sp³-hybridized carbons (Fsp3) is 0.500. The van der Waals surface area contributed by atoms with Gasteiger partial charge in [-0.15, -0.1) is 0 Å². The average Bonchev–Trinajstić information content (AvgIpc) is 1.58. The van der Waals surface area contributed by atoms with E-state index >= 15 is 0 Å². The van der Waals surface area contributed by atoms with E-state index in [-0.39, 0.29) is 50.6 Å². The van der Waals surface area contributed by atoms with E-state index in [1.807, 2.05) is 27.7 Å². The van der Waals surface area contributed by atoms with Crippen LogP contribution in [-0.2, 0) is 43.0 Å². The van der Waals surface area contributed by atoms with Crippen LogP contribution >= 0.6 is 92.8 Å². The summed E-state index contributed by atoms with van der Waals surface area (Å²) >= 11 is 47.2. The van der Waals surface area contributed by atoms with Crippen LogP contribution in [0.4, 0.5) is 40.7 Å². The second kappa shape index (κ2) is 37.6. The molecule has 4 aromatic carbocycles. The van der Waals surface area contributed by atoms with Gasteiger partial charge in [-0.05, 0) is 134 Å². The summed E-state index contributed by atoms with van der Waals surface area (Å²) in [7, 11) is 0. The molecule has 7 N–H and O–H groups in total. The highest BCUT2D eigenvalue weighted by molar-refractivity contribution is 6.37. The molecule has 2 saturated heterocycles. The molecular formula is C66H87Cl8F3N9O12-. The maximum Gasteiger partial charge on any atom is 0.471 e. The van der Waals surface area contributed by atoms with Crippen LogP contribution in [0.15, 0.2) is 77.8 Å². The number of carbonyl (C=O) groups is 8. The number of carbonyl (C=O) groups excluding carboxylic acids is 7. The number of benzene rings is 4. The predicted molar refractivity (Wildman–Crippen MR) is 383 cm³/mol. The molecule has 98 heavy (non-hydrogen) atoms. The Bertz CT molecular complexity index is 3400. The standard InChI is InChI=1S/C16H17Cl2F3N2O2.C14H18Cl2N2O3.C14H18Cl2N2O.C9H10Cl2N2O.C8H15NO4.C5H10O/c1-8-12(24)23(11-6-9(17)5-10(18)7-11)13(15(2,3)4)22(8)14(25)16(19,20)21;1-8(17-13(20)21-14(2,3)4)12(19)18-11-6-9(15)5-10(16)7-11;1-8-12(19)18(13(17-8)14(2,3)4)11-6-9(15)5-10(16)7-11;1-5(12)9(14)13-8-3-6(10)2-7(11)4-8;1-5(6(10)11)9-7(12)13-8(2,3)4;1-5(2,3)4-6/h5-8,13H,1-4H3;5-8H,1-4H3,(H,17,20)(H,18,19);5-8,13,17H,1-4H3;2-5H,12H2,1H3,(H,13,14);5H,1-4H3,(H,9,12)(H,10,11);4H,1-3H3/p-1/t8-,13+;8-;8-,13+;2*5-;/m11111./s1. The lowest BCUT2D eigenvalue weighted by molar-refractivity contribution is -0.261. The van der Waals surface area contributed by atoms with Gasteiger partial charge < -0.3 is 51.1 Å². The highest BCUT2D eigenvalue weighted by Gasteiger charge is 2.57. The zero-order valence-electron chi connectivity index (χ0n) is 58.0. The first-order valence-electron chi connectivity index (χ1n) is 29.9. The highest BCUT2D eigenvalue weighted by Crippen LogP contribution is 2.42. The topological polar surface area (TPSA) is 295 Å². The van der Waals surface area contributed by atoms with E-state index in [9.17, 15) is 56.6 Å². The molecular weight excluding hydrogens is 1450 g/mol. The minimum atomic E-state index is -5.08. The Labute approximate surface area is 611 Å². The Hall–Kier alpha value is -6.06. The Kier molecular flexibility index (Phi) is 34.5. The van der Waals surface area contributed by atoms with Crippen molar-refractivity contribution in [2.45, 2.75) is 198 Å². The minimum absolute atomic E-state index is 0.0401. The molecule has 7 atom stereocenters. The fourth-order valence-electron chi connectivity index (χ4n) is 8.08. The fourth-order valence-corrected chi connectivity index (χ4v) is 10.2. The summed E-state index contributed by atoms with van der Waals surface area (Å²) in [6, 6.07) is 15.1. The first-order valence-corrected chi connectivity index (χ1v) is 33.0. The summed E-state index contributed by atoms with van der Waals surface area (Å²) in [6.07, 6.45) is -6.87. The number of halogens is 11. The second-order valence-electron chi connectivity index (χ2n) is 27.5. The number of aldehydes is 1. The molecule has 0 saturated carbocycles. The molecule has 0 bridgehead atoms. The summed E-state index contributed by atoms with van der Waals surface area (Å²) in [5.74, 6) is -4.47. The number of nitrogens with zero attached hydrogens (tertiary/aromatic N) is 4. The number of aliphatic carboxylic acids is 1. The van der Waals surface area contributed by atoms with E-state index < -0.39 is 89.0 Å². The van der Waals surface area contributed by atoms with E-state index in [1.54, 1.807) is 136 Å². The van der Waals surface area contributed by atoms with Crippen LogP contribution in [0.3, 0.4) is 0 Å². The Morgan fingerprint density at radius 1 is 0.602 bits per heavy atom. The Balaban J connectivity index is 0.000000610. The molecule has 0 spiro atoms. The number of ether oxygens (including phenoxy) is 2. The largest absolute Gasteiger partial charge is 0.595 e. The first kappa shape index (κ1) is 90.0. The molecule has 0 aromatic heterocycles. The molecule has 4 aromatic rings. The minimum Gasteiger partial charge on any atom is -0.595 e. The number of aliphatic imine (C=N–C) groups is 1. The first-order chi connectivity index (χ1) is 44.3. The van der Waals surface area contributed by atoms with Gasteiger partial charge in [0.15, 0.2) is 0 Å². The van der Waals surface area contributed by atoms with Crippen LogP contribution in [0.1, 0.15) is 138 Å². The summed E-state index contributed by atoms with van der Waals surface area (Å²) < 4.78 is 49.0. The lowest BCUT2D eigenvalue weighted by Crippen LogP contribution is -2.55. The summed E-state index contributed by atoms with van der Waals surface area (Å²) in [5, 5.41) is 33.6. The van der Waals surface area contributed by atoms with Crippen molar-refractivity contribution in [3.05, 3.63) is 113 Å². The monoisotopic (exact) mass is 1530 g/mol. The maximum atomic E-state index is 13.1. The molecule has 546 valence electrons. The van der Waals surface area contributed by atoms with E-state index in [0.29, 0.717) is 46.4 Å². The molecule has 2 heterocycles.